The van der Waals surface area contributed by atoms with E-state index in [2.05, 4.69) is 17.4 Å². The molecule has 1 N–H and O–H groups in total. The van der Waals surface area contributed by atoms with Gasteiger partial charge in [0, 0.05) is 17.5 Å². The van der Waals surface area contributed by atoms with E-state index in [4.69, 9.17) is 0 Å². The Labute approximate surface area is 117 Å². The van der Waals surface area contributed by atoms with Crippen LogP contribution in [0, 0.1) is 0 Å². The molecule has 0 spiro atoms. The van der Waals surface area contributed by atoms with Gasteiger partial charge in [-0.15, -0.1) is 0 Å². The Kier molecular flexibility index (Phi) is 3.53. The molecule has 0 aliphatic heterocycles. The van der Waals surface area contributed by atoms with Crippen molar-refractivity contribution in [3.8, 4) is 0 Å². The summed E-state index contributed by atoms with van der Waals surface area (Å²) in [6.07, 6.45) is 0.939. The summed E-state index contributed by atoms with van der Waals surface area (Å²) in [5, 5.41) is 2.99. The van der Waals surface area contributed by atoms with Crippen LogP contribution in [0.25, 0.3) is 0 Å². The minimum atomic E-state index is -2.81. The highest BCUT2D eigenvalue weighted by Crippen LogP contribution is 2.41. The highest BCUT2D eigenvalue weighted by atomic mass is 19.3. The third-order valence-electron chi connectivity index (χ3n) is 3.80. The van der Waals surface area contributed by atoms with Crippen LogP contribution in [0.2, 0.25) is 0 Å². The third kappa shape index (κ3) is 2.88. The van der Waals surface area contributed by atoms with Crippen molar-refractivity contribution in [2.45, 2.75) is 24.3 Å². The van der Waals surface area contributed by atoms with E-state index in [0.717, 1.165) is 6.42 Å². The number of nitrogens with one attached hydrogen (secondary N) is 1. The van der Waals surface area contributed by atoms with Crippen molar-refractivity contribution in [1.82, 2.24) is 5.32 Å². The first-order valence-electron chi connectivity index (χ1n) is 6.88. The van der Waals surface area contributed by atoms with Gasteiger partial charge in [-0.25, -0.2) is 0 Å². The zero-order valence-corrected chi connectivity index (χ0v) is 11.1. The Bertz CT molecular complexity index is 554. The molecular weight excluding hydrogens is 256 g/mol. The molecule has 1 aliphatic rings. The number of hydrogen-bond donors (Lipinski definition) is 1. The fourth-order valence-corrected chi connectivity index (χ4v) is 2.53. The molecule has 3 heteroatoms. The van der Waals surface area contributed by atoms with Crippen molar-refractivity contribution < 1.29 is 8.78 Å². The topological polar surface area (TPSA) is 12.0 Å². The number of hydrogen-bond acceptors (Lipinski definition) is 1. The lowest BCUT2D eigenvalue weighted by molar-refractivity contribution is -0.00359. The van der Waals surface area contributed by atoms with E-state index in [-0.39, 0.29) is 18.2 Å². The van der Waals surface area contributed by atoms with E-state index < -0.39 is 5.92 Å². The van der Waals surface area contributed by atoms with Crippen molar-refractivity contribution in [3.63, 3.8) is 0 Å². The van der Waals surface area contributed by atoms with Crippen LogP contribution in [0.15, 0.2) is 60.7 Å². The molecule has 0 radical (unpaired) electrons. The molecule has 2 unspecified atom stereocenters. The number of benzene rings is 2. The molecule has 0 heterocycles. The lowest BCUT2D eigenvalue weighted by atomic mass is 10.1. The van der Waals surface area contributed by atoms with Crippen molar-refractivity contribution in [3.05, 3.63) is 71.8 Å². The summed E-state index contributed by atoms with van der Waals surface area (Å²) in [5.41, 5.74) is 1.30. The van der Waals surface area contributed by atoms with Crippen molar-refractivity contribution >= 4 is 0 Å². The van der Waals surface area contributed by atoms with Crippen LogP contribution in [0.1, 0.15) is 23.5 Å². The van der Waals surface area contributed by atoms with Gasteiger partial charge in [0.1, 0.15) is 0 Å². The third-order valence-corrected chi connectivity index (χ3v) is 3.80. The quantitative estimate of drug-likeness (QED) is 0.870. The lowest BCUT2D eigenvalue weighted by Crippen LogP contribution is -2.32. The second-order valence-corrected chi connectivity index (χ2v) is 5.31. The molecule has 1 aliphatic carbocycles. The predicted octanol–water partition coefficient (Wildman–Crippen LogP) is 3.92. The molecular formula is C17H17F2N. The fourth-order valence-electron chi connectivity index (χ4n) is 2.53. The monoisotopic (exact) mass is 273 g/mol. The van der Waals surface area contributed by atoms with Gasteiger partial charge < -0.3 is 5.32 Å². The van der Waals surface area contributed by atoms with Gasteiger partial charge in [0.2, 0.25) is 0 Å². The summed E-state index contributed by atoms with van der Waals surface area (Å²) < 4.78 is 28.0. The molecule has 2 atom stereocenters. The number of alkyl halides is 2. The Morgan fingerprint density at radius 2 is 1.55 bits per heavy atom. The minimum Gasteiger partial charge on any atom is -0.307 e. The SMILES string of the molecule is FC(F)(CNC1CC1c1ccccc1)c1ccccc1. The molecule has 104 valence electrons. The summed E-state index contributed by atoms with van der Waals surface area (Å²) in [6.45, 7) is -0.301. The summed E-state index contributed by atoms with van der Waals surface area (Å²) >= 11 is 0. The van der Waals surface area contributed by atoms with Gasteiger partial charge in [0.05, 0.1) is 6.54 Å². The van der Waals surface area contributed by atoms with E-state index in [1.54, 1.807) is 18.2 Å². The average Bonchev–Trinajstić information content (AvgIpc) is 3.27. The second kappa shape index (κ2) is 5.33. The molecule has 1 saturated carbocycles. The van der Waals surface area contributed by atoms with Crippen LogP contribution in [-0.4, -0.2) is 12.6 Å². The average molecular weight is 273 g/mol. The molecule has 2 aromatic rings. The number of halogens is 2. The zero-order chi connectivity index (χ0) is 14.0. The van der Waals surface area contributed by atoms with E-state index in [9.17, 15) is 8.78 Å². The summed E-state index contributed by atoms with van der Waals surface area (Å²) in [5.74, 6) is -2.44. The Morgan fingerprint density at radius 3 is 2.20 bits per heavy atom. The molecule has 1 fully saturated rings. The van der Waals surface area contributed by atoms with Gasteiger partial charge in [-0.05, 0) is 12.0 Å². The molecule has 0 bridgehead atoms. The Morgan fingerprint density at radius 1 is 0.950 bits per heavy atom. The second-order valence-electron chi connectivity index (χ2n) is 5.31. The highest BCUT2D eigenvalue weighted by Gasteiger charge is 2.41. The normalized spacial score (nSPS) is 21.7. The van der Waals surface area contributed by atoms with Gasteiger partial charge >= 0.3 is 0 Å². The van der Waals surface area contributed by atoms with Crippen LogP contribution in [0.3, 0.4) is 0 Å². The van der Waals surface area contributed by atoms with Crippen LogP contribution < -0.4 is 5.32 Å². The molecule has 3 rings (SSSR count). The molecule has 20 heavy (non-hydrogen) atoms. The van der Waals surface area contributed by atoms with Crippen LogP contribution >= 0.6 is 0 Å². The van der Waals surface area contributed by atoms with Crippen molar-refractivity contribution in [2.24, 2.45) is 0 Å². The lowest BCUT2D eigenvalue weighted by Gasteiger charge is -2.17. The van der Waals surface area contributed by atoms with Crippen LogP contribution in [-0.2, 0) is 5.92 Å². The summed E-state index contributed by atoms with van der Waals surface area (Å²) in [6, 6.07) is 18.2. The molecule has 2 aromatic carbocycles. The Hall–Kier alpha value is -1.74. The maximum atomic E-state index is 14.0. The maximum Gasteiger partial charge on any atom is 0.285 e. The fraction of sp³-hybridized carbons (Fsp3) is 0.294. The van der Waals surface area contributed by atoms with Gasteiger partial charge in [-0.3, -0.25) is 0 Å². The van der Waals surface area contributed by atoms with Crippen LogP contribution in [0.4, 0.5) is 8.78 Å². The van der Waals surface area contributed by atoms with E-state index >= 15 is 0 Å². The Balaban J connectivity index is 1.56. The summed E-state index contributed by atoms with van der Waals surface area (Å²) in [7, 11) is 0. The van der Waals surface area contributed by atoms with Gasteiger partial charge in [0.15, 0.2) is 0 Å². The zero-order valence-electron chi connectivity index (χ0n) is 11.1. The first-order valence-corrected chi connectivity index (χ1v) is 6.88. The molecule has 0 saturated heterocycles. The van der Waals surface area contributed by atoms with E-state index in [1.807, 2.05) is 18.2 Å². The predicted molar refractivity (Wildman–Crippen MR) is 75.9 cm³/mol. The van der Waals surface area contributed by atoms with E-state index in [0.29, 0.717) is 5.92 Å². The molecule has 0 aromatic heterocycles. The largest absolute Gasteiger partial charge is 0.307 e. The standard InChI is InChI=1S/C17H17F2N/c18-17(19,14-9-5-2-6-10-14)12-20-16-11-15(16)13-7-3-1-4-8-13/h1-10,15-16,20H,11-12H2. The first-order chi connectivity index (χ1) is 9.67. The van der Waals surface area contributed by atoms with Crippen molar-refractivity contribution in [2.75, 3.05) is 6.54 Å². The van der Waals surface area contributed by atoms with Crippen molar-refractivity contribution in [1.29, 1.82) is 0 Å². The van der Waals surface area contributed by atoms with Gasteiger partial charge in [0.25, 0.3) is 5.92 Å². The van der Waals surface area contributed by atoms with E-state index in [1.165, 1.54) is 17.7 Å². The van der Waals surface area contributed by atoms with Gasteiger partial charge in [-0.1, -0.05) is 60.7 Å². The minimum absolute atomic E-state index is 0.0735. The highest BCUT2D eigenvalue weighted by molar-refractivity contribution is 5.28. The molecule has 1 nitrogen and oxygen atoms in total. The van der Waals surface area contributed by atoms with Crippen LogP contribution in [0.5, 0.6) is 0 Å². The smallest absolute Gasteiger partial charge is 0.285 e. The molecule has 0 amide bonds. The number of rotatable bonds is 5. The summed E-state index contributed by atoms with van der Waals surface area (Å²) in [4.78, 5) is 0. The first kappa shape index (κ1) is 13.3. The maximum absolute atomic E-state index is 14.0. The van der Waals surface area contributed by atoms with Gasteiger partial charge in [-0.2, -0.15) is 8.78 Å².